The predicted molar refractivity (Wildman–Crippen MR) is 58.4 cm³/mol. The van der Waals surface area contributed by atoms with Crippen molar-refractivity contribution < 1.29 is 5.10 Å². The largest absolute Gasteiger partial charge is 0.365 e. The Hall–Kier alpha value is -1.26. The highest BCUT2D eigenvalue weighted by molar-refractivity contribution is 6.42. The molecule has 14 heavy (non-hydrogen) atoms. The maximum absolute atomic E-state index is 5.79. The standard InChI is InChI=1S/C8H8Cl2N4/c9-6-2-1-5(3-7(6)10)4-13-14-8(11)12/h1-4H,(H4,11,12,14)/p+1/b13-4+. The van der Waals surface area contributed by atoms with Gasteiger partial charge in [0.25, 0.3) is 5.96 Å². The fourth-order valence-electron chi connectivity index (χ4n) is 0.784. The zero-order valence-corrected chi connectivity index (χ0v) is 8.68. The molecule has 0 bridgehead atoms. The maximum Gasteiger partial charge on any atom is 0.256 e. The van der Waals surface area contributed by atoms with Gasteiger partial charge < -0.3 is 11.5 Å². The summed E-state index contributed by atoms with van der Waals surface area (Å²) in [6.45, 7) is 0. The van der Waals surface area contributed by atoms with E-state index in [1.807, 2.05) is 0 Å². The molecule has 0 fully saturated rings. The van der Waals surface area contributed by atoms with E-state index >= 15 is 0 Å². The first kappa shape index (κ1) is 10.8. The van der Waals surface area contributed by atoms with Crippen molar-refractivity contribution in [3.05, 3.63) is 33.8 Å². The highest BCUT2D eigenvalue weighted by Crippen LogP contribution is 2.21. The van der Waals surface area contributed by atoms with Gasteiger partial charge in [-0.3, -0.25) is 0 Å². The van der Waals surface area contributed by atoms with E-state index in [0.29, 0.717) is 10.0 Å². The molecule has 0 aliphatic rings. The molecule has 0 amide bonds. The summed E-state index contributed by atoms with van der Waals surface area (Å²) in [7, 11) is 0. The van der Waals surface area contributed by atoms with Crippen molar-refractivity contribution in [2.45, 2.75) is 0 Å². The second-order valence-corrected chi connectivity index (χ2v) is 3.30. The highest BCUT2D eigenvalue weighted by atomic mass is 35.5. The topological polar surface area (TPSA) is 78.4 Å². The lowest BCUT2D eigenvalue weighted by molar-refractivity contribution is -0.456. The minimum Gasteiger partial charge on any atom is -0.365 e. The Bertz CT molecular complexity index is 383. The van der Waals surface area contributed by atoms with Crippen molar-refractivity contribution in [2.75, 3.05) is 0 Å². The molecule has 0 aliphatic carbocycles. The molecule has 0 aliphatic heterocycles. The van der Waals surface area contributed by atoms with E-state index in [9.17, 15) is 0 Å². The van der Waals surface area contributed by atoms with Crippen LogP contribution in [0.25, 0.3) is 0 Å². The number of nitrogens with zero attached hydrogens (tertiary/aromatic N) is 1. The van der Waals surface area contributed by atoms with Crippen molar-refractivity contribution in [1.82, 2.24) is 0 Å². The number of hydrazone groups is 1. The van der Waals surface area contributed by atoms with Crippen LogP contribution in [0.1, 0.15) is 5.56 Å². The summed E-state index contributed by atoms with van der Waals surface area (Å²) in [6.07, 6.45) is 1.60. The Kier molecular flexibility index (Phi) is 3.73. The first-order valence-electron chi connectivity index (χ1n) is 3.72. The van der Waals surface area contributed by atoms with Crippen molar-refractivity contribution in [3.63, 3.8) is 0 Å². The van der Waals surface area contributed by atoms with Crippen LogP contribution in [-0.4, -0.2) is 12.2 Å². The van der Waals surface area contributed by atoms with Crippen LogP contribution in [0.15, 0.2) is 23.3 Å². The Morgan fingerprint density at radius 2 is 2.00 bits per heavy atom. The van der Waals surface area contributed by atoms with Crippen molar-refractivity contribution in [3.8, 4) is 0 Å². The maximum atomic E-state index is 5.79. The molecule has 0 saturated heterocycles. The van der Waals surface area contributed by atoms with E-state index < -0.39 is 0 Å². The number of nitrogens with one attached hydrogen (secondary N) is 1. The summed E-state index contributed by atoms with van der Waals surface area (Å²) in [5.41, 5.74) is 11.0. The van der Waals surface area contributed by atoms with Gasteiger partial charge in [-0.2, -0.15) is 0 Å². The average Bonchev–Trinajstić information content (AvgIpc) is 2.10. The van der Waals surface area contributed by atoms with E-state index in [2.05, 4.69) is 10.2 Å². The van der Waals surface area contributed by atoms with E-state index in [0.717, 1.165) is 5.56 Å². The summed E-state index contributed by atoms with van der Waals surface area (Å²) in [5.74, 6) is -0.0405. The molecular formula is C8H9Cl2N4+. The van der Waals surface area contributed by atoms with Crippen LogP contribution >= 0.6 is 23.2 Å². The van der Waals surface area contributed by atoms with Crippen LogP contribution in [-0.2, 0) is 0 Å². The molecule has 5 N–H and O–H groups in total. The van der Waals surface area contributed by atoms with Gasteiger partial charge in [0.1, 0.15) is 0 Å². The molecule has 1 aromatic carbocycles. The minimum atomic E-state index is -0.0405. The van der Waals surface area contributed by atoms with Gasteiger partial charge in [-0.15, -0.1) is 5.10 Å². The van der Waals surface area contributed by atoms with Gasteiger partial charge in [-0.1, -0.05) is 23.2 Å². The second-order valence-electron chi connectivity index (χ2n) is 2.48. The van der Waals surface area contributed by atoms with Gasteiger partial charge in [0.2, 0.25) is 6.21 Å². The third-order valence-corrected chi connectivity index (χ3v) is 2.11. The number of benzene rings is 1. The van der Waals surface area contributed by atoms with Crippen LogP contribution in [0.2, 0.25) is 10.0 Å². The van der Waals surface area contributed by atoms with Crippen LogP contribution in [0.4, 0.5) is 0 Å². The zero-order valence-electron chi connectivity index (χ0n) is 7.17. The Balaban J connectivity index is 2.83. The number of hydrogen-bond donors (Lipinski definition) is 3. The molecule has 6 heteroatoms. The van der Waals surface area contributed by atoms with E-state index in [-0.39, 0.29) is 5.96 Å². The number of halogens is 2. The molecule has 0 atom stereocenters. The Morgan fingerprint density at radius 1 is 1.29 bits per heavy atom. The zero-order chi connectivity index (χ0) is 10.6. The van der Waals surface area contributed by atoms with Gasteiger partial charge in [-0.05, 0) is 18.2 Å². The average molecular weight is 232 g/mol. The monoisotopic (exact) mass is 231 g/mol. The van der Waals surface area contributed by atoms with Gasteiger partial charge in [0, 0.05) is 10.7 Å². The molecule has 0 aromatic heterocycles. The number of guanidine groups is 1. The number of nitrogens with two attached hydrogens (primary N) is 2. The molecular weight excluding hydrogens is 223 g/mol. The lowest BCUT2D eigenvalue weighted by Gasteiger charge is -1.93. The third kappa shape index (κ3) is 3.24. The summed E-state index contributed by atoms with van der Waals surface area (Å²) in [6, 6.07) is 5.16. The molecule has 0 heterocycles. The van der Waals surface area contributed by atoms with Crippen LogP contribution in [0.3, 0.4) is 0 Å². The predicted octanol–water partition coefficient (Wildman–Crippen LogP) is -0.319. The molecule has 0 unspecified atom stereocenters. The normalized spacial score (nSPS) is 10.4. The van der Waals surface area contributed by atoms with E-state index in [1.165, 1.54) is 0 Å². The quantitative estimate of drug-likeness (QED) is 0.371. The summed E-state index contributed by atoms with van der Waals surface area (Å²) < 4.78 is 0. The molecule has 1 aromatic rings. The van der Waals surface area contributed by atoms with E-state index in [4.69, 9.17) is 34.7 Å². The lowest BCUT2D eigenvalue weighted by atomic mass is 10.2. The SMILES string of the molecule is NC(N)=N/[NH+]=C/c1ccc(Cl)c(Cl)c1. The molecule has 1 rings (SSSR count). The van der Waals surface area contributed by atoms with Crippen molar-refractivity contribution in [2.24, 2.45) is 16.6 Å². The second kappa shape index (κ2) is 4.83. The Morgan fingerprint density at radius 3 is 2.57 bits per heavy atom. The lowest BCUT2D eigenvalue weighted by Crippen LogP contribution is -2.63. The van der Waals surface area contributed by atoms with Crippen LogP contribution in [0, 0.1) is 0 Å². The fourth-order valence-corrected chi connectivity index (χ4v) is 1.09. The first-order chi connectivity index (χ1) is 6.59. The molecule has 0 radical (unpaired) electrons. The van der Waals surface area contributed by atoms with Crippen molar-refractivity contribution in [1.29, 1.82) is 0 Å². The molecule has 4 nitrogen and oxygen atoms in total. The summed E-state index contributed by atoms with van der Waals surface area (Å²) >= 11 is 11.5. The van der Waals surface area contributed by atoms with Gasteiger partial charge >= 0.3 is 0 Å². The minimum absolute atomic E-state index is 0.0405. The van der Waals surface area contributed by atoms with Crippen molar-refractivity contribution >= 4 is 35.4 Å². The summed E-state index contributed by atoms with van der Waals surface area (Å²) in [5, 5.41) is 7.11. The van der Waals surface area contributed by atoms with Gasteiger partial charge in [0.15, 0.2) is 0 Å². The number of rotatable bonds is 2. The third-order valence-electron chi connectivity index (χ3n) is 1.37. The van der Waals surface area contributed by atoms with Gasteiger partial charge in [-0.25, -0.2) is 0 Å². The Labute approximate surface area is 91.2 Å². The molecule has 74 valence electrons. The first-order valence-corrected chi connectivity index (χ1v) is 4.47. The van der Waals surface area contributed by atoms with E-state index in [1.54, 1.807) is 24.4 Å². The number of hydrogen-bond acceptors (Lipinski definition) is 1. The smallest absolute Gasteiger partial charge is 0.256 e. The molecule has 0 saturated carbocycles. The summed E-state index contributed by atoms with van der Waals surface area (Å²) in [4.78, 5) is 0. The van der Waals surface area contributed by atoms with Crippen LogP contribution in [0.5, 0.6) is 0 Å². The van der Waals surface area contributed by atoms with Crippen LogP contribution < -0.4 is 16.6 Å². The van der Waals surface area contributed by atoms with Gasteiger partial charge in [0.05, 0.1) is 10.0 Å². The highest BCUT2D eigenvalue weighted by Gasteiger charge is 1.98. The molecule has 0 spiro atoms. The fraction of sp³-hybridized carbons (Fsp3) is 0.